The number of nitrogens with zero attached hydrogens (tertiary/aromatic N) is 1. The molecule has 0 saturated carbocycles. The van der Waals surface area contributed by atoms with Gasteiger partial charge in [0.2, 0.25) is 0 Å². The molecule has 1 atom stereocenters. The average molecular weight is 202 g/mol. The topological polar surface area (TPSA) is 15.3 Å². The Morgan fingerprint density at radius 2 is 2.38 bits per heavy atom. The highest BCUT2D eigenvalue weighted by Crippen LogP contribution is 2.23. The van der Waals surface area contributed by atoms with Crippen LogP contribution in [0.25, 0.3) is 0 Å². The maximum absolute atomic E-state index is 3.19. The zero-order valence-electron chi connectivity index (χ0n) is 8.88. The first-order valence-electron chi connectivity index (χ1n) is 5.24. The quantitative estimate of drug-likeness (QED) is 0.653. The lowest BCUT2D eigenvalue weighted by molar-refractivity contribution is 0.285. The summed E-state index contributed by atoms with van der Waals surface area (Å²) in [6, 6.07) is 0. The number of thioether (sulfide) groups is 1. The van der Waals surface area contributed by atoms with Crippen molar-refractivity contribution >= 4 is 11.8 Å². The fourth-order valence-corrected chi connectivity index (χ4v) is 3.06. The van der Waals surface area contributed by atoms with Crippen LogP contribution in [0, 0.1) is 5.92 Å². The maximum atomic E-state index is 3.19. The highest BCUT2D eigenvalue weighted by molar-refractivity contribution is 7.99. The molecule has 1 unspecified atom stereocenters. The van der Waals surface area contributed by atoms with E-state index in [1.807, 2.05) is 7.05 Å². The molecule has 1 N–H and O–H groups in total. The van der Waals surface area contributed by atoms with Crippen LogP contribution in [0.15, 0.2) is 0 Å². The molecular weight excluding hydrogens is 180 g/mol. The van der Waals surface area contributed by atoms with Gasteiger partial charge in [0.1, 0.15) is 0 Å². The zero-order chi connectivity index (χ0) is 9.52. The van der Waals surface area contributed by atoms with E-state index in [0.29, 0.717) is 0 Å². The van der Waals surface area contributed by atoms with Gasteiger partial charge in [-0.25, -0.2) is 0 Å². The summed E-state index contributed by atoms with van der Waals surface area (Å²) in [5.41, 5.74) is 0. The Kier molecular flexibility index (Phi) is 5.83. The Bertz CT molecular complexity index is 124. The number of hydrogen-bond acceptors (Lipinski definition) is 3. The molecule has 0 bridgehead atoms. The standard InChI is InChI=1S/C10H22N2S/c1-11-5-3-6-12(2)8-10-4-7-13-9-10/h10-11H,3-9H2,1-2H3. The summed E-state index contributed by atoms with van der Waals surface area (Å²) < 4.78 is 0. The minimum Gasteiger partial charge on any atom is -0.320 e. The lowest BCUT2D eigenvalue weighted by Gasteiger charge is -2.19. The fourth-order valence-electron chi connectivity index (χ4n) is 1.79. The van der Waals surface area contributed by atoms with Crippen molar-refractivity contribution in [2.45, 2.75) is 12.8 Å². The molecule has 0 radical (unpaired) electrons. The molecule has 78 valence electrons. The number of nitrogens with one attached hydrogen (secondary N) is 1. The predicted octanol–water partition coefficient (Wildman–Crippen LogP) is 1.28. The van der Waals surface area contributed by atoms with Crippen LogP contribution in [-0.2, 0) is 0 Å². The van der Waals surface area contributed by atoms with Gasteiger partial charge in [-0.2, -0.15) is 11.8 Å². The Morgan fingerprint density at radius 3 is 3.00 bits per heavy atom. The van der Waals surface area contributed by atoms with Crippen LogP contribution >= 0.6 is 11.8 Å². The van der Waals surface area contributed by atoms with Gasteiger partial charge in [-0.05, 0) is 57.5 Å². The van der Waals surface area contributed by atoms with Crippen molar-refractivity contribution in [2.75, 3.05) is 45.2 Å². The Morgan fingerprint density at radius 1 is 1.54 bits per heavy atom. The van der Waals surface area contributed by atoms with E-state index in [2.05, 4.69) is 29.0 Å². The van der Waals surface area contributed by atoms with Crippen molar-refractivity contribution in [1.29, 1.82) is 0 Å². The van der Waals surface area contributed by atoms with Gasteiger partial charge in [0, 0.05) is 6.54 Å². The van der Waals surface area contributed by atoms with E-state index in [-0.39, 0.29) is 0 Å². The van der Waals surface area contributed by atoms with E-state index < -0.39 is 0 Å². The molecule has 0 aromatic heterocycles. The minimum atomic E-state index is 0.963. The second kappa shape index (κ2) is 6.68. The van der Waals surface area contributed by atoms with Crippen LogP contribution < -0.4 is 5.32 Å². The van der Waals surface area contributed by atoms with Gasteiger partial charge in [0.15, 0.2) is 0 Å². The molecule has 1 heterocycles. The van der Waals surface area contributed by atoms with Crippen molar-refractivity contribution < 1.29 is 0 Å². The van der Waals surface area contributed by atoms with Crippen molar-refractivity contribution in [1.82, 2.24) is 10.2 Å². The third-order valence-corrected chi connectivity index (χ3v) is 3.79. The van der Waals surface area contributed by atoms with Crippen molar-refractivity contribution in [3.63, 3.8) is 0 Å². The Labute approximate surface area is 86.5 Å². The monoisotopic (exact) mass is 202 g/mol. The lowest BCUT2D eigenvalue weighted by atomic mass is 10.1. The summed E-state index contributed by atoms with van der Waals surface area (Å²) in [4.78, 5) is 2.48. The summed E-state index contributed by atoms with van der Waals surface area (Å²) in [6.45, 7) is 3.68. The van der Waals surface area contributed by atoms with Gasteiger partial charge < -0.3 is 10.2 Å². The van der Waals surface area contributed by atoms with E-state index in [4.69, 9.17) is 0 Å². The number of rotatable bonds is 6. The summed E-state index contributed by atoms with van der Waals surface area (Å²) in [7, 11) is 4.27. The molecule has 1 fully saturated rings. The van der Waals surface area contributed by atoms with Crippen LogP contribution in [0.4, 0.5) is 0 Å². The van der Waals surface area contributed by atoms with E-state index in [0.717, 1.165) is 12.5 Å². The van der Waals surface area contributed by atoms with Crippen molar-refractivity contribution in [2.24, 2.45) is 5.92 Å². The summed E-state index contributed by atoms with van der Waals surface area (Å²) in [5.74, 6) is 3.73. The largest absolute Gasteiger partial charge is 0.320 e. The second-order valence-corrected chi connectivity index (χ2v) is 5.10. The fraction of sp³-hybridized carbons (Fsp3) is 1.00. The first kappa shape index (κ1) is 11.3. The van der Waals surface area contributed by atoms with Crippen molar-refractivity contribution in [3.8, 4) is 0 Å². The van der Waals surface area contributed by atoms with Gasteiger partial charge in [0.05, 0.1) is 0 Å². The van der Waals surface area contributed by atoms with Crippen LogP contribution in [0.5, 0.6) is 0 Å². The van der Waals surface area contributed by atoms with Gasteiger partial charge in [-0.15, -0.1) is 0 Å². The van der Waals surface area contributed by atoms with Gasteiger partial charge >= 0.3 is 0 Å². The van der Waals surface area contributed by atoms with Gasteiger partial charge in [-0.1, -0.05) is 0 Å². The molecule has 0 spiro atoms. The maximum Gasteiger partial charge on any atom is 0.00148 e. The minimum absolute atomic E-state index is 0.963. The van der Waals surface area contributed by atoms with Crippen LogP contribution in [-0.4, -0.2) is 50.1 Å². The molecule has 1 saturated heterocycles. The second-order valence-electron chi connectivity index (χ2n) is 3.95. The lowest BCUT2D eigenvalue weighted by Crippen LogP contribution is -2.28. The van der Waals surface area contributed by atoms with E-state index in [9.17, 15) is 0 Å². The molecule has 3 heteroatoms. The highest BCUT2D eigenvalue weighted by atomic mass is 32.2. The molecule has 1 rings (SSSR count). The molecule has 13 heavy (non-hydrogen) atoms. The zero-order valence-corrected chi connectivity index (χ0v) is 9.70. The third kappa shape index (κ3) is 4.89. The first-order chi connectivity index (χ1) is 6.33. The summed E-state index contributed by atoms with van der Waals surface area (Å²) in [6.07, 6.45) is 2.70. The molecule has 0 aliphatic carbocycles. The smallest absolute Gasteiger partial charge is 0.00148 e. The summed E-state index contributed by atoms with van der Waals surface area (Å²) >= 11 is 2.11. The molecule has 0 aromatic carbocycles. The van der Waals surface area contributed by atoms with E-state index in [1.54, 1.807) is 0 Å². The average Bonchev–Trinajstić information content (AvgIpc) is 2.57. The normalized spacial score (nSPS) is 22.8. The van der Waals surface area contributed by atoms with Crippen LogP contribution in [0.3, 0.4) is 0 Å². The van der Waals surface area contributed by atoms with Crippen LogP contribution in [0.2, 0.25) is 0 Å². The van der Waals surface area contributed by atoms with Crippen LogP contribution in [0.1, 0.15) is 12.8 Å². The van der Waals surface area contributed by atoms with E-state index >= 15 is 0 Å². The van der Waals surface area contributed by atoms with Gasteiger partial charge in [-0.3, -0.25) is 0 Å². The van der Waals surface area contributed by atoms with E-state index in [1.165, 1.54) is 37.4 Å². The Balaban J connectivity index is 1.99. The molecular formula is C10H22N2S. The molecule has 2 nitrogen and oxygen atoms in total. The third-order valence-electron chi connectivity index (χ3n) is 2.56. The molecule has 0 amide bonds. The van der Waals surface area contributed by atoms with Crippen molar-refractivity contribution in [3.05, 3.63) is 0 Å². The first-order valence-corrected chi connectivity index (χ1v) is 6.39. The SMILES string of the molecule is CNCCCN(C)CC1CCSC1. The molecule has 0 aromatic rings. The molecule has 1 aliphatic rings. The highest BCUT2D eigenvalue weighted by Gasteiger charge is 2.16. The summed E-state index contributed by atoms with van der Waals surface area (Å²) in [5, 5.41) is 3.19. The van der Waals surface area contributed by atoms with Gasteiger partial charge in [0.25, 0.3) is 0 Å². The number of hydrogen-bond donors (Lipinski definition) is 1. The molecule has 1 aliphatic heterocycles. The predicted molar refractivity (Wildman–Crippen MR) is 61.5 cm³/mol. The Hall–Kier alpha value is 0.270.